The van der Waals surface area contributed by atoms with Gasteiger partial charge in [0.2, 0.25) is 5.91 Å². The summed E-state index contributed by atoms with van der Waals surface area (Å²) in [5.74, 6) is -0.0219. The second kappa shape index (κ2) is 79.3. The first kappa shape index (κ1) is 87.8. The normalized spacial score (nSPS) is 12.7. The number of unbranched alkanes of at least 4 members (excludes halogenated alkanes) is 58. The summed E-state index contributed by atoms with van der Waals surface area (Å²) in [4.78, 5) is 24.7. The Hall–Kier alpha value is -2.18. The third-order valence-corrected chi connectivity index (χ3v) is 19.1. The van der Waals surface area contributed by atoms with E-state index in [4.69, 9.17) is 4.74 Å². The molecule has 0 aromatic heterocycles. The van der Waals surface area contributed by atoms with E-state index < -0.39 is 12.1 Å². The average Bonchev–Trinajstić information content (AvgIpc) is 3.69. The van der Waals surface area contributed by atoms with Crippen LogP contribution in [0, 0.1) is 0 Å². The number of carbonyl (C=O) groups excluding carboxylic acids is 2. The van der Waals surface area contributed by atoms with Crippen molar-refractivity contribution in [1.82, 2.24) is 5.32 Å². The number of amides is 1. The van der Waals surface area contributed by atoms with Gasteiger partial charge in [0.05, 0.1) is 25.4 Å². The zero-order valence-electron chi connectivity index (χ0n) is 60.9. The van der Waals surface area contributed by atoms with Crippen molar-refractivity contribution in [3.63, 3.8) is 0 Å². The van der Waals surface area contributed by atoms with Gasteiger partial charge in [-0.25, -0.2) is 0 Å². The van der Waals surface area contributed by atoms with Crippen LogP contribution in [0.5, 0.6) is 0 Å². The zero-order valence-corrected chi connectivity index (χ0v) is 60.9. The number of carbonyl (C=O) groups is 2. The molecule has 0 spiro atoms. The molecule has 0 heterocycles. The van der Waals surface area contributed by atoms with Gasteiger partial charge >= 0.3 is 5.97 Å². The summed E-state index contributed by atoms with van der Waals surface area (Å²) in [6, 6.07) is -0.545. The van der Waals surface area contributed by atoms with E-state index in [1.165, 1.54) is 360 Å². The van der Waals surface area contributed by atoms with Crippen molar-refractivity contribution in [2.45, 2.75) is 463 Å². The van der Waals surface area contributed by atoms with Crippen LogP contribution in [0.3, 0.4) is 0 Å². The number of hydrogen-bond acceptors (Lipinski definition) is 5. The van der Waals surface area contributed by atoms with Crippen LogP contribution in [0.15, 0.2) is 48.6 Å². The molecule has 3 N–H and O–H groups in total. The standard InChI is InChI=1S/C84H159NO5/c1-3-5-7-9-11-13-15-17-19-21-23-24-25-31-34-37-41-44-48-52-56-60-64-68-72-76-82(87)81(80-86)85-83(88)77-73-69-65-61-57-53-49-45-42-38-35-32-29-27-26-28-30-33-36-39-43-47-51-55-59-63-67-71-75-79-90-84(89)78-74-70-66-62-58-54-50-46-40-22-20-18-16-14-12-10-8-6-4-2/h12,14,18,20,26,28,33,36,81-82,86-87H,3-11,13,15-17,19,21-25,27,29-32,34-35,37-80H2,1-2H3,(H,85,88)/b14-12-,20-18-,28-26-,36-33-. The Morgan fingerprint density at radius 3 is 0.867 bits per heavy atom. The smallest absolute Gasteiger partial charge is 0.305 e. The maximum Gasteiger partial charge on any atom is 0.305 e. The molecule has 90 heavy (non-hydrogen) atoms. The summed E-state index contributed by atoms with van der Waals surface area (Å²) in [5.41, 5.74) is 0. The van der Waals surface area contributed by atoms with Crippen molar-refractivity contribution in [3.8, 4) is 0 Å². The van der Waals surface area contributed by atoms with Crippen molar-refractivity contribution in [3.05, 3.63) is 48.6 Å². The Labute approximate surface area is 563 Å². The molecule has 2 atom stereocenters. The largest absolute Gasteiger partial charge is 0.466 e. The SMILES string of the molecule is CCCCC/C=C\C/C=C\CCCCCCCCCCCC(=O)OCCCCCCCCCCC/C=C\C/C=C\CCCCCCCCCCCCCCCC(=O)NC(CO)C(O)CCCCCCCCCCCCCCCCCCCCCCCCCCC. The maximum absolute atomic E-state index is 12.6. The fourth-order valence-corrected chi connectivity index (χ4v) is 12.9. The van der Waals surface area contributed by atoms with Gasteiger partial charge in [0.15, 0.2) is 0 Å². The van der Waals surface area contributed by atoms with Crippen LogP contribution in [0.1, 0.15) is 450 Å². The van der Waals surface area contributed by atoms with E-state index in [-0.39, 0.29) is 18.5 Å². The second-order valence-electron chi connectivity index (χ2n) is 28.1. The predicted octanol–water partition coefficient (Wildman–Crippen LogP) is 27.2. The Bertz CT molecular complexity index is 1500. The van der Waals surface area contributed by atoms with Gasteiger partial charge in [0.25, 0.3) is 0 Å². The molecule has 0 aromatic carbocycles. The van der Waals surface area contributed by atoms with Gasteiger partial charge in [-0.3, -0.25) is 9.59 Å². The molecule has 2 unspecified atom stereocenters. The van der Waals surface area contributed by atoms with Crippen molar-refractivity contribution in [1.29, 1.82) is 0 Å². The number of rotatable bonds is 77. The minimum atomic E-state index is -0.668. The number of aliphatic hydroxyl groups is 2. The van der Waals surface area contributed by atoms with Gasteiger partial charge in [0, 0.05) is 12.8 Å². The molecule has 0 radical (unpaired) electrons. The van der Waals surface area contributed by atoms with Crippen molar-refractivity contribution >= 4 is 11.9 Å². The summed E-state index contributed by atoms with van der Waals surface area (Å²) in [7, 11) is 0. The number of esters is 1. The highest BCUT2D eigenvalue weighted by Crippen LogP contribution is 2.20. The minimum absolute atomic E-state index is 0.00898. The molecule has 0 aliphatic heterocycles. The molecule has 0 bridgehead atoms. The first-order valence-electron chi connectivity index (χ1n) is 40.9. The second-order valence-corrected chi connectivity index (χ2v) is 28.1. The summed E-state index contributed by atoms with van der Waals surface area (Å²) in [6.07, 6.45) is 105. The Morgan fingerprint density at radius 1 is 0.311 bits per heavy atom. The first-order valence-corrected chi connectivity index (χ1v) is 40.9. The Kier molecular flexibility index (Phi) is 77.3. The van der Waals surface area contributed by atoms with Crippen LogP contribution in [0.4, 0.5) is 0 Å². The van der Waals surface area contributed by atoms with Crippen LogP contribution in [0.2, 0.25) is 0 Å². The maximum atomic E-state index is 12.6. The molecule has 0 fully saturated rings. The Balaban J connectivity index is 3.40. The average molecular weight is 1260 g/mol. The lowest BCUT2D eigenvalue weighted by Crippen LogP contribution is -2.45. The van der Waals surface area contributed by atoms with Crippen LogP contribution in [-0.4, -0.2) is 47.4 Å². The molecule has 0 saturated carbocycles. The number of ether oxygens (including phenoxy) is 1. The lowest BCUT2D eigenvalue weighted by Gasteiger charge is -2.22. The summed E-state index contributed by atoms with van der Waals surface area (Å²) in [6.45, 7) is 4.97. The quantitative estimate of drug-likeness (QED) is 0.0320. The van der Waals surface area contributed by atoms with Crippen molar-refractivity contribution < 1.29 is 24.5 Å². The van der Waals surface area contributed by atoms with Crippen LogP contribution < -0.4 is 5.32 Å². The number of hydrogen-bond donors (Lipinski definition) is 3. The molecule has 0 aliphatic rings. The molecule has 0 rings (SSSR count). The van der Waals surface area contributed by atoms with Crippen LogP contribution >= 0.6 is 0 Å². The molecule has 0 saturated heterocycles. The minimum Gasteiger partial charge on any atom is -0.466 e. The van der Waals surface area contributed by atoms with Crippen molar-refractivity contribution in [2.75, 3.05) is 13.2 Å². The van der Waals surface area contributed by atoms with Gasteiger partial charge in [-0.1, -0.05) is 396 Å². The van der Waals surface area contributed by atoms with Gasteiger partial charge in [-0.15, -0.1) is 0 Å². The topological polar surface area (TPSA) is 95.9 Å². The highest BCUT2D eigenvalue weighted by Gasteiger charge is 2.20. The van der Waals surface area contributed by atoms with E-state index >= 15 is 0 Å². The van der Waals surface area contributed by atoms with Gasteiger partial charge in [0.1, 0.15) is 0 Å². The van der Waals surface area contributed by atoms with Gasteiger partial charge in [-0.05, 0) is 89.9 Å². The number of allylic oxidation sites excluding steroid dienone is 8. The fourth-order valence-electron chi connectivity index (χ4n) is 12.9. The first-order chi connectivity index (χ1) is 44.5. The lowest BCUT2D eigenvalue weighted by molar-refractivity contribution is -0.143. The molecule has 6 heteroatoms. The van der Waals surface area contributed by atoms with E-state index in [1.807, 2.05) is 0 Å². The molecular formula is C84H159NO5. The zero-order chi connectivity index (χ0) is 64.9. The molecule has 530 valence electrons. The summed E-state index contributed by atoms with van der Waals surface area (Å²) >= 11 is 0. The monoisotopic (exact) mass is 1260 g/mol. The molecule has 0 aliphatic carbocycles. The molecule has 6 nitrogen and oxygen atoms in total. The highest BCUT2D eigenvalue weighted by molar-refractivity contribution is 5.76. The van der Waals surface area contributed by atoms with E-state index in [0.29, 0.717) is 25.9 Å². The third kappa shape index (κ3) is 74.9. The van der Waals surface area contributed by atoms with Gasteiger partial charge < -0.3 is 20.3 Å². The van der Waals surface area contributed by atoms with Crippen molar-refractivity contribution in [2.24, 2.45) is 0 Å². The Morgan fingerprint density at radius 2 is 0.556 bits per heavy atom. The van der Waals surface area contributed by atoms with Crippen LogP contribution in [-0.2, 0) is 14.3 Å². The van der Waals surface area contributed by atoms with Crippen LogP contribution in [0.25, 0.3) is 0 Å². The predicted molar refractivity (Wildman–Crippen MR) is 398 cm³/mol. The van der Waals surface area contributed by atoms with E-state index in [0.717, 1.165) is 57.8 Å². The van der Waals surface area contributed by atoms with E-state index in [2.05, 4.69) is 67.8 Å². The number of aliphatic hydroxyl groups excluding tert-OH is 2. The van der Waals surface area contributed by atoms with E-state index in [1.54, 1.807) is 0 Å². The number of nitrogens with one attached hydrogen (secondary N) is 1. The molecule has 1 amide bonds. The summed E-state index contributed by atoms with van der Waals surface area (Å²) < 4.78 is 5.51. The fraction of sp³-hybridized carbons (Fsp3) is 0.881. The lowest BCUT2D eigenvalue weighted by atomic mass is 10.0. The third-order valence-electron chi connectivity index (χ3n) is 19.1. The molecule has 0 aromatic rings. The highest BCUT2D eigenvalue weighted by atomic mass is 16.5. The van der Waals surface area contributed by atoms with Gasteiger partial charge in [-0.2, -0.15) is 0 Å². The van der Waals surface area contributed by atoms with E-state index in [9.17, 15) is 19.8 Å². The summed E-state index contributed by atoms with van der Waals surface area (Å²) in [5, 5.41) is 23.5. The molecular weight excluding hydrogens is 1100 g/mol.